The maximum atomic E-state index is 12.1. The summed E-state index contributed by atoms with van der Waals surface area (Å²) >= 11 is 0. The Labute approximate surface area is 132 Å². The lowest BCUT2D eigenvalue weighted by Crippen LogP contribution is -2.39. The van der Waals surface area contributed by atoms with E-state index in [0.29, 0.717) is 25.6 Å². The third-order valence-corrected chi connectivity index (χ3v) is 5.12. The van der Waals surface area contributed by atoms with Gasteiger partial charge in [-0.2, -0.15) is 0 Å². The predicted octanol–water partition coefficient (Wildman–Crippen LogP) is 2.59. The first-order valence-electron chi connectivity index (χ1n) is 8.74. The molecular weight excluding hydrogens is 282 g/mol. The fraction of sp³-hybridized carbons (Fsp3) is 0.882. The maximum Gasteiger partial charge on any atom is 0.308 e. The van der Waals surface area contributed by atoms with Gasteiger partial charge in [-0.25, -0.2) is 0 Å². The second kappa shape index (κ2) is 9.13. The van der Waals surface area contributed by atoms with E-state index in [-0.39, 0.29) is 18.4 Å². The summed E-state index contributed by atoms with van der Waals surface area (Å²) in [4.78, 5) is 23.6. The minimum absolute atomic E-state index is 0.0187. The molecule has 1 saturated carbocycles. The van der Waals surface area contributed by atoms with Crippen molar-refractivity contribution in [2.24, 2.45) is 17.8 Å². The van der Waals surface area contributed by atoms with E-state index in [2.05, 4.69) is 5.32 Å². The van der Waals surface area contributed by atoms with Crippen molar-refractivity contribution in [1.29, 1.82) is 0 Å². The summed E-state index contributed by atoms with van der Waals surface area (Å²) in [6.45, 7) is 1.51. The van der Waals surface area contributed by atoms with Crippen molar-refractivity contribution in [3.63, 3.8) is 0 Å². The molecule has 1 aliphatic heterocycles. The quantitative estimate of drug-likeness (QED) is 0.739. The Kier molecular flexibility index (Phi) is 7.16. The number of hydrogen-bond acceptors (Lipinski definition) is 3. The average molecular weight is 311 g/mol. The second-order valence-electron chi connectivity index (χ2n) is 6.76. The topological polar surface area (TPSA) is 75.6 Å². The first-order chi connectivity index (χ1) is 10.7. The molecule has 0 aromatic carbocycles. The van der Waals surface area contributed by atoms with Gasteiger partial charge in [-0.15, -0.1) is 0 Å². The molecule has 1 unspecified atom stereocenters. The van der Waals surface area contributed by atoms with E-state index in [9.17, 15) is 14.7 Å². The highest BCUT2D eigenvalue weighted by Gasteiger charge is 2.30. The van der Waals surface area contributed by atoms with Gasteiger partial charge in [0.15, 0.2) is 0 Å². The van der Waals surface area contributed by atoms with Crippen LogP contribution >= 0.6 is 0 Å². The Balaban J connectivity index is 1.75. The minimum Gasteiger partial charge on any atom is -0.481 e. The summed E-state index contributed by atoms with van der Waals surface area (Å²) in [7, 11) is 0. The van der Waals surface area contributed by atoms with Gasteiger partial charge >= 0.3 is 5.97 Å². The normalized spacial score (nSPS) is 22.7. The van der Waals surface area contributed by atoms with Gasteiger partial charge < -0.3 is 15.2 Å². The Morgan fingerprint density at radius 3 is 2.27 bits per heavy atom. The molecule has 2 rings (SSSR count). The lowest BCUT2D eigenvalue weighted by Gasteiger charge is -2.27. The molecule has 1 saturated heterocycles. The van der Waals surface area contributed by atoms with Crippen molar-refractivity contribution in [3.8, 4) is 0 Å². The number of carboxylic acid groups (broad SMARTS) is 1. The number of aliphatic carboxylic acids is 1. The van der Waals surface area contributed by atoms with Gasteiger partial charge in [-0.3, -0.25) is 9.59 Å². The van der Waals surface area contributed by atoms with E-state index in [1.807, 2.05) is 0 Å². The first-order valence-corrected chi connectivity index (χ1v) is 8.74. The van der Waals surface area contributed by atoms with Crippen molar-refractivity contribution < 1.29 is 19.4 Å². The molecule has 2 fully saturated rings. The van der Waals surface area contributed by atoms with E-state index < -0.39 is 11.9 Å². The SMILES string of the molecule is O=C(CC1CCCCCC1)NCC(C(=O)O)C1CCOCC1. The third-order valence-electron chi connectivity index (χ3n) is 5.12. The van der Waals surface area contributed by atoms with Crippen LogP contribution in [0.1, 0.15) is 57.8 Å². The van der Waals surface area contributed by atoms with Crippen LogP contribution in [0.2, 0.25) is 0 Å². The van der Waals surface area contributed by atoms with E-state index in [1.165, 1.54) is 25.7 Å². The summed E-state index contributed by atoms with van der Waals surface area (Å²) in [6, 6.07) is 0. The molecule has 0 bridgehead atoms. The number of carbonyl (C=O) groups is 2. The fourth-order valence-corrected chi connectivity index (χ4v) is 3.70. The molecule has 1 aliphatic carbocycles. The molecule has 22 heavy (non-hydrogen) atoms. The minimum atomic E-state index is -0.804. The Bertz CT molecular complexity index is 358. The van der Waals surface area contributed by atoms with E-state index >= 15 is 0 Å². The molecule has 0 aromatic rings. The third kappa shape index (κ3) is 5.59. The molecule has 5 heteroatoms. The van der Waals surface area contributed by atoms with Crippen LogP contribution in [0.3, 0.4) is 0 Å². The number of amides is 1. The van der Waals surface area contributed by atoms with Crippen LogP contribution in [0.25, 0.3) is 0 Å². The summed E-state index contributed by atoms with van der Waals surface area (Å²) in [5.41, 5.74) is 0. The predicted molar refractivity (Wildman–Crippen MR) is 83.5 cm³/mol. The lowest BCUT2D eigenvalue weighted by molar-refractivity contribution is -0.145. The number of carboxylic acids is 1. The first kappa shape index (κ1) is 17.3. The number of nitrogens with one attached hydrogen (secondary N) is 1. The molecule has 1 atom stereocenters. The summed E-state index contributed by atoms with van der Waals surface area (Å²) in [5, 5.41) is 12.3. The van der Waals surface area contributed by atoms with Gasteiger partial charge in [-0.05, 0) is 37.5 Å². The molecule has 5 nitrogen and oxygen atoms in total. The van der Waals surface area contributed by atoms with E-state index in [0.717, 1.165) is 25.7 Å². The molecule has 126 valence electrons. The number of carbonyl (C=O) groups excluding carboxylic acids is 1. The van der Waals surface area contributed by atoms with Gasteiger partial charge in [0.1, 0.15) is 0 Å². The summed E-state index contributed by atoms with van der Waals surface area (Å²) in [6.07, 6.45) is 9.37. The van der Waals surface area contributed by atoms with Crippen LogP contribution < -0.4 is 5.32 Å². The zero-order chi connectivity index (χ0) is 15.8. The Morgan fingerprint density at radius 2 is 1.68 bits per heavy atom. The molecule has 0 aromatic heterocycles. The van der Waals surface area contributed by atoms with Crippen molar-refractivity contribution in [3.05, 3.63) is 0 Å². The number of hydrogen-bond donors (Lipinski definition) is 2. The van der Waals surface area contributed by atoms with Gasteiger partial charge in [0.25, 0.3) is 0 Å². The van der Waals surface area contributed by atoms with E-state index in [1.54, 1.807) is 0 Å². The monoisotopic (exact) mass is 311 g/mol. The maximum absolute atomic E-state index is 12.1. The lowest BCUT2D eigenvalue weighted by atomic mass is 9.86. The van der Waals surface area contributed by atoms with Gasteiger partial charge in [0, 0.05) is 26.2 Å². The van der Waals surface area contributed by atoms with Crippen LogP contribution in [0.5, 0.6) is 0 Å². The van der Waals surface area contributed by atoms with Crippen LogP contribution in [-0.2, 0) is 14.3 Å². The zero-order valence-corrected chi connectivity index (χ0v) is 13.4. The van der Waals surface area contributed by atoms with Gasteiger partial charge in [0.05, 0.1) is 5.92 Å². The standard InChI is InChI=1S/C17H29NO4/c19-16(11-13-5-3-1-2-4-6-13)18-12-15(17(20)21)14-7-9-22-10-8-14/h13-15H,1-12H2,(H,18,19)(H,20,21). The van der Waals surface area contributed by atoms with Crippen molar-refractivity contribution >= 4 is 11.9 Å². The van der Waals surface area contributed by atoms with Crippen molar-refractivity contribution in [2.45, 2.75) is 57.8 Å². The molecule has 1 heterocycles. The van der Waals surface area contributed by atoms with Crippen molar-refractivity contribution in [2.75, 3.05) is 19.8 Å². The average Bonchev–Trinajstić information content (AvgIpc) is 2.77. The van der Waals surface area contributed by atoms with Crippen LogP contribution in [0, 0.1) is 17.8 Å². The highest BCUT2D eigenvalue weighted by atomic mass is 16.5. The Hall–Kier alpha value is -1.10. The molecule has 0 radical (unpaired) electrons. The number of ether oxygens (including phenoxy) is 1. The van der Waals surface area contributed by atoms with Crippen LogP contribution in [-0.4, -0.2) is 36.7 Å². The Morgan fingerprint density at radius 1 is 1.05 bits per heavy atom. The van der Waals surface area contributed by atoms with Crippen molar-refractivity contribution in [1.82, 2.24) is 5.32 Å². The molecule has 2 aliphatic rings. The summed E-state index contributed by atoms with van der Waals surface area (Å²) < 4.78 is 5.29. The molecular formula is C17H29NO4. The second-order valence-corrected chi connectivity index (χ2v) is 6.76. The van der Waals surface area contributed by atoms with Gasteiger partial charge in [0.2, 0.25) is 5.91 Å². The molecule has 0 spiro atoms. The smallest absolute Gasteiger partial charge is 0.308 e. The largest absolute Gasteiger partial charge is 0.481 e. The van der Waals surface area contributed by atoms with E-state index in [4.69, 9.17) is 4.74 Å². The highest BCUT2D eigenvalue weighted by molar-refractivity contribution is 5.77. The number of rotatable bonds is 6. The zero-order valence-electron chi connectivity index (χ0n) is 13.4. The summed E-state index contributed by atoms with van der Waals surface area (Å²) in [5.74, 6) is -0.674. The van der Waals surface area contributed by atoms with Crippen LogP contribution in [0.15, 0.2) is 0 Å². The molecule has 1 amide bonds. The van der Waals surface area contributed by atoms with Gasteiger partial charge in [-0.1, -0.05) is 25.7 Å². The fourth-order valence-electron chi connectivity index (χ4n) is 3.70. The highest BCUT2D eigenvalue weighted by Crippen LogP contribution is 2.26. The molecule has 2 N–H and O–H groups in total. The van der Waals surface area contributed by atoms with Crippen LogP contribution in [0.4, 0.5) is 0 Å².